The minimum Gasteiger partial charge on any atom is -0.302 e. The van der Waals surface area contributed by atoms with Gasteiger partial charge in [0.05, 0.1) is 4.90 Å². The molecule has 0 unspecified atom stereocenters. The SMILES string of the molecule is O=C(NN/C(=C\c1ccccc1)Cc1ccccc1)c1cccc(S(=O)(=O)Nc2ccc(Cl)cc2)c1. The van der Waals surface area contributed by atoms with E-state index < -0.39 is 15.9 Å². The summed E-state index contributed by atoms with van der Waals surface area (Å²) in [5.41, 5.74) is 9.07. The number of rotatable bonds is 9. The highest BCUT2D eigenvalue weighted by Crippen LogP contribution is 2.19. The highest BCUT2D eigenvalue weighted by Gasteiger charge is 2.17. The predicted molar refractivity (Wildman–Crippen MR) is 144 cm³/mol. The second-order valence-electron chi connectivity index (χ2n) is 7.96. The van der Waals surface area contributed by atoms with E-state index in [0.717, 1.165) is 16.8 Å². The Morgan fingerprint density at radius 2 is 1.44 bits per heavy atom. The van der Waals surface area contributed by atoms with Crippen LogP contribution in [0.1, 0.15) is 21.5 Å². The number of benzene rings is 4. The van der Waals surface area contributed by atoms with Crippen LogP contribution in [0, 0.1) is 0 Å². The van der Waals surface area contributed by atoms with E-state index in [1.165, 1.54) is 18.2 Å². The molecule has 0 aliphatic rings. The van der Waals surface area contributed by atoms with Crippen molar-refractivity contribution in [2.45, 2.75) is 11.3 Å². The van der Waals surface area contributed by atoms with Crippen molar-refractivity contribution in [3.8, 4) is 0 Å². The summed E-state index contributed by atoms with van der Waals surface area (Å²) in [4.78, 5) is 12.9. The Labute approximate surface area is 215 Å². The Bertz CT molecular complexity index is 1460. The van der Waals surface area contributed by atoms with E-state index in [4.69, 9.17) is 11.6 Å². The third-order valence-electron chi connectivity index (χ3n) is 5.22. The van der Waals surface area contributed by atoms with E-state index >= 15 is 0 Å². The summed E-state index contributed by atoms with van der Waals surface area (Å²) in [5, 5.41) is 0.497. The molecule has 36 heavy (non-hydrogen) atoms. The smallest absolute Gasteiger partial charge is 0.269 e. The van der Waals surface area contributed by atoms with Crippen LogP contribution >= 0.6 is 11.6 Å². The second-order valence-corrected chi connectivity index (χ2v) is 10.1. The Balaban J connectivity index is 1.49. The molecule has 0 saturated carbocycles. The van der Waals surface area contributed by atoms with Crippen molar-refractivity contribution >= 4 is 39.3 Å². The number of carbonyl (C=O) groups is 1. The van der Waals surface area contributed by atoms with E-state index in [1.807, 2.05) is 66.7 Å². The van der Waals surface area contributed by atoms with Crippen LogP contribution in [0.25, 0.3) is 6.08 Å². The monoisotopic (exact) mass is 517 g/mol. The van der Waals surface area contributed by atoms with Gasteiger partial charge in [-0.05, 0) is 59.7 Å². The average molecular weight is 518 g/mol. The van der Waals surface area contributed by atoms with Gasteiger partial charge >= 0.3 is 0 Å². The third-order valence-corrected chi connectivity index (χ3v) is 6.85. The highest BCUT2D eigenvalue weighted by molar-refractivity contribution is 7.92. The molecule has 6 nitrogen and oxygen atoms in total. The zero-order valence-electron chi connectivity index (χ0n) is 19.2. The van der Waals surface area contributed by atoms with Gasteiger partial charge in [-0.3, -0.25) is 14.9 Å². The lowest BCUT2D eigenvalue weighted by atomic mass is 10.1. The second kappa shape index (κ2) is 11.6. The number of halogens is 1. The molecule has 0 aliphatic heterocycles. The number of hydrogen-bond acceptors (Lipinski definition) is 4. The van der Waals surface area contributed by atoms with Gasteiger partial charge in [-0.1, -0.05) is 78.3 Å². The van der Waals surface area contributed by atoms with Crippen molar-refractivity contribution in [3.63, 3.8) is 0 Å². The summed E-state index contributed by atoms with van der Waals surface area (Å²) in [6, 6.07) is 31.8. The van der Waals surface area contributed by atoms with Gasteiger partial charge in [0.1, 0.15) is 0 Å². The lowest BCUT2D eigenvalue weighted by Gasteiger charge is -2.14. The molecule has 0 aliphatic carbocycles. The van der Waals surface area contributed by atoms with E-state index in [1.54, 1.807) is 30.3 Å². The molecule has 0 bridgehead atoms. The number of nitrogens with one attached hydrogen (secondary N) is 3. The van der Waals surface area contributed by atoms with Crippen LogP contribution in [0.15, 0.2) is 120 Å². The number of hydrazine groups is 1. The average Bonchev–Trinajstić information content (AvgIpc) is 2.89. The van der Waals surface area contributed by atoms with Crippen molar-refractivity contribution in [2.24, 2.45) is 0 Å². The number of carbonyl (C=O) groups excluding carboxylic acids is 1. The van der Waals surface area contributed by atoms with Gasteiger partial charge in [-0.15, -0.1) is 0 Å². The van der Waals surface area contributed by atoms with Crippen LogP contribution in [0.2, 0.25) is 5.02 Å². The van der Waals surface area contributed by atoms with Gasteiger partial charge in [0.25, 0.3) is 15.9 Å². The molecule has 0 heterocycles. The fourth-order valence-corrected chi connectivity index (χ4v) is 4.67. The molecule has 4 aromatic carbocycles. The zero-order chi connectivity index (χ0) is 25.4. The molecule has 0 saturated heterocycles. The summed E-state index contributed by atoms with van der Waals surface area (Å²) in [6.45, 7) is 0. The van der Waals surface area contributed by atoms with Crippen molar-refractivity contribution in [2.75, 3.05) is 4.72 Å². The molecule has 4 rings (SSSR count). The largest absolute Gasteiger partial charge is 0.302 e. The fourth-order valence-electron chi connectivity index (χ4n) is 3.44. The first-order chi connectivity index (χ1) is 17.4. The summed E-state index contributed by atoms with van der Waals surface area (Å²) in [5.74, 6) is -0.467. The maximum Gasteiger partial charge on any atom is 0.269 e. The van der Waals surface area contributed by atoms with Gasteiger partial charge in [0.15, 0.2) is 0 Å². The van der Waals surface area contributed by atoms with Crippen LogP contribution in [-0.4, -0.2) is 14.3 Å². The maximum absolute atomic E-state index is 12.9. The number of allylic oxidation sites excluding steroid dienone is 1. The molecule has 182 valence electrons. The lowest BCUT2D eigenvalue weighted by Crippen LogP contribution is -2.37. The summed E-state index contributed by atoms with van der Waals surface area (Å²) in [6.07, 6.45) is 2.51. The van der Waals surface area contributed by atoms with Crippen molar-refractivity contribution in [1.29, 1.82) is 0 Å². The van der Waals surface area contributed by atoms with Gasteiger partial charge in [-0.2, -0.15) is 0 Å². The predicted octanol–water partition coefficient (Wildman–Crippen LogP) is 5.66. The zero-order valence-corrected chi connectivity index (χ0v) is 20.8. The fraction of sp³-hybridized carbons (Fsp3) is 0.0357. The molecular weight excluding hydrogens is 494 g/mol. The first-order valence-corrected chi connectivity index (χ1v) is 13.0. The first-order valence-electron chi connectivity index (χ1n) is 11.1. The van der Waals surface area contributed by atoms with E-state index in [9.17, 15) is 13.2 Å². The molecule has 0 radical (unpaired) electrons. The Hall–Kier alpha value is -4.07. The number of amides is 1. The molecule has 3 N–H and O–H groups in total. The van der Waals surface area contributed by atoms with Crippen LogP contribution in [0.4, 0.5) is 5.69 Å². The Morgan fingerprint density at radius 1 is 0.778 bits per heavy atom. The maximum atomic E-state index is 12.9. The van der Waals surface area contributed by atoms with Gasteiger partial charge in [0.2, 0.25) is 0 Å². The van der Waals surface area contributed by atoms with E-state index in [0.29, 0.717) is 17.1 Å². The molecular formula is C28H24ClN3O3S. The number of anilines is 1. The minimum atomic E-state index is -3.90. The molecule has 0 atom stereocenters. The highest BCUT2D eigenvalue weighted by atomic mass is 35.5. The van der Waals surface area contributed by atoms with E-state index in [-0.39, 0.29) is 10.5 Å². The molecule has 0 spiro atoms. The topological polar surface area (TPSA) is 87.3 Å². The van der Waals surface area contributed by atoms with Gasteiger partial charge < -0.3 is 5.43 Å². The lowest BCUT2D eigenvalue weighted by molar-refractivity contribution is 0.0938. The summed E-state index contributed by atoms with van der Waals surface area (Å²) < 4.78 is 28.2. The van der Waals surface area contributed by atoms with Crippen LogP contribution in [0.5, 0.6) is 0 Å². The first kappa shape index (κ1) is 25.0. The van der Waals surface area contributed by atoms with Crippen LogP contribution in [0.3, 0.4) is 0 Å². The minimum absolute atomic E-state index is 0.0329. The standard InChI is InChI=1S/C28H24ClN3O3S/c29-24-14-16-25(17-15-24)32-36(34,35)27-13-7-12-23(20-27)28(33)31-30-26(18-21-8-3-1-4-9-21)19-22-10-5-2-6-11-22/h1-18,20,30,32H,19H2,(H,31,33)/b26-18-. The van der Waals surface area contributed by atoms with Gasteiger partial charge in [0, 0.05) is 28.4 Å². The summed E-state index contributed by atoms with van der Waals surface area (Å²) >= 11 is 5.87. The van der Waals surface area contributed by atoms with Crippen LogP contribution in [-0.2, 0) is 16.4 Å². The van der Waals surface area contributed by atoms with Crippen LogP contribution < -0.4 is 15.6 Å². The van der Waals surface area contributed by atoms with Crippen molar-refractivity contribution < 1.29 is 13.2 Å². The Kier molecular flexibility index (Phi) is 8.05. The summed E-state index contributed by atoms with van der Waals surface area (Å²) in [7, 11) is -3.90. The molecule has 8 heteroatoms. The van der Waals surface area contributed by atoms with Crippen molar-refractivity contribution in [3.05, 3.63) is 137 Å². The quantitative estimate of drug-likeness (QED) is 0.250. The Morgan fingerprint density at radius 3 is 2.14 bits per heavy atom. The van der Waals surface area contributed by atoms with E-state index in [2.05, 4.69) is 15.6 Å². The molecule has 0 fully saturated rings. The third kappa shape index (κ3) is 6.97. The van der Waals surface area contributed by atoms with Gasteiger partial charge in [-0.25, -0.2) is 8.42 Å². The molecule has 4 aromatic rings. The normalized spacial score (nSPS) is 11.5. The number of sulfonamides is 1. The number of hydrogen-bond donors (Lipinski definition) is 3. The molecule has 0 aromatic heterocycles. The molecule has 1 amide bonds. The van der Waals surface area contributed by atoms with Crippen molar-refractivity contribution in [1.82, 2.24) is 10.9 Å².